The van der Waals surface area contributed by atoms with Crippen LogP contribution in [0.25, 0.3) is 0 Å². The molecule has 1 aliphatic carbocycles. The Bertz CT molecular complexity index is 1120. The molecule has 3 rings (SSSR count). The summed E-state index contributed by atoms with van der Waals surface area (Å²) in [5.74, 6) is -0.00372. The van der Waals surface area contributed by atoms with E-state index in [0.29, 0.717) is 22.9 Å². The van der Waals surface area contributed by atoms with Crippen molar-refractivity contribution >= 4 is 38.9 Å². The first-order valence-electron chi connectivity index (χ1n) is 12.7. The summed E-state index contributed by atoms with van der Waals surface area (Å²) in [5.41, 5.74) is 0.274. The molecule has 0 bridgehead atoms. The molecule has 1 aromatic rings. The predicted molar refractivity (Wildman–Crippen MR) is 151 cm³/mol. The largest absolute Gasteiger partial charge is 0.331 e. The van der Waals surface area contributed by atoms with E-state index in [-0.39, 0.29) is 35.5 Å². The molecule has 1 heterocycles. The third-order valence-electron chi connectivity index (χ3n) is 7.81. The maximum Gasteiger partial charge on any atom is 0.229 e. The van der Waals surface area contributed by atoms with Crippen LogP contribution in [0.3, 0.4) is 0 Å². The number of nitrogens with zero attached hydrogens (tertiary/aromatic N) is 1. The van der Waals surface area contributed by atoms with Crippen LogP contribution in [-0.2, 0) is 14.6 Å². The van der Waals surface area contributed by atoms with Crippen molar-refractivity contribution in [1.82, 2.24) is 4.90 Å². The van der Waals surface area contributed by atoms with Crippen molar-refractivity contribution in [2.75, 3.05) is 5.75 Å². The molecule has 0 spiro atoms. The number of carbonyl (C=O) groups is 1. The SMILES string of the molecule is C=CC[C@@]1(C)C[C@H](C2C=C(Cl)C=CC2)[C@@H](c2ccc(Cl)cc2)N([C@H](CS(=O)(=O)C(C)C)C(C)C)C1=O. The monoisotopic (exact) mass is 551 g/mol. The van der Waals surface area contributed by atoms with E-state index in [1.807, 2.05) is 56.0 Å². The Labute approximate surface area is 227 Å². The van der Waals surface area contributed by atoms with Gasteiger partial charge < -0.3 is 4.90 Å². The molecule has 7 heteroatoms. The van der Waals surface area contributed by atoms with Crippen LogP contribution in [-0.4, -0.2) is 36.3 Å². The van der Waals surface area contributed by atoms with Gasteiger partial charge >= 0.3 is 0 Å². The highest BCUT2D eigenvalue weighted by Gasteiger charge is 2.53. The summed E-state index contributed by atoms with van der Waals surface area (Å²) in [6, 6.07) is 6.83. The quantitative estimate of drug-likeness (QED) is 0.301. The molecular formula is C29H39Cl2NO3S. The fraction of sp³-hybridized carbons (Fsp3) is 0.552. The number of hydrogen-bond donors (Lipinski definition) is 0. The van der Waals surface area contributed by atoms with Crippen molar-refractivity contribution in [2.45, 2.75) is 71.2 Å². The molecular weight excluding hydrogens is 513 g/mol. The lowest BCUT2D eigenvalue weighted by Gasteiger charge is -2.54. The third-order valence-corrected chi connectivity index (χ3v) is 10.6. The van der Waals surface area contributed by atoms with E-state index >= 15 is 0 Å². The molecule has 0 N–H and O–H groups in total. The number of allylic oxidation sites excluding steroid dienone is 5. The van der Waals surface area contributed by atoms with E-state index in [2.05, 4.69) is 18.7 Å². The van der Waals surface area contributed by atoms with Gasteiger partial charge in [-0.2, -0.15) is 0 Å². The number of sulfone groups is 1. The smallest absolute Gasteiger partial charge is 0.229 e. The molecule has 1 unspecified atom stereocenters. The van der Waals surface area contributed by atoms with Gasteiger partial charge in [0.05, 0.1) is 22.5 Å². The fourth-order valence-electron chi connectivity index (χ4n) is 5.65. The average molecular weight is 553 g/mol. The maximum atomic E-state index is 14.4. The lowest BCUT2D eigenvalue weighted by atomic mass is 9.64. The zero-order valence-corrected chi connectivity index (χ0v) is 24.3. The van der Waals surface area contributed by atoms with Gasteiger partial charge in [-0.25, -0.2) is 8.42 Å². The number of benzene rings is 1. The summed E-state index contributed by atoms with van der Waals surface area (Å²) < 4.78 is 26.4. The lowest BCUT2D eigenvalue weighted by molar-refractivity contribution is -0.159. The van der Waals surface area contributed by atoms with Crippen LogP contribution in [0.2, 0.25) is 5.02 Å². The molecule has 4 nitrogen and oxygen atoms in total. The van der Waals surface area contributed by atoms with Crippen LogP contribution in [0.1, 0.15) is 65.5 Å². The molecule has 0 saturated carbocycles. The van der Waals surface area contributed by atoms with Crippen LogP contribution in [0.15, 0.2) is 60.2 Å². The first-order chi connectivity index (χ1) is 16.8. The first-order valence-corrected chi connectivity index (χ1v) is 15.2. The van der Waals surface area contributed by atoms with Crippen molar-refractivity contribution in [3.8, 4) is 0 Å². The second kappa shape index (κ2) is 11.4. The third kappa shape index (κ3) is 6.11. The minimum Gasteiger partial charge on any atom is -0.331 e. The fourth-order valence-corrected chi connectivity index (χ4v) is 7.43. The highest BCUT2D eigenvalue weighted by Crippen LogP contribution is 2.52. The molecule has 1 aromatic carbocycles. The van der Waals surface area contributed by atoms with Crippen LogP contribution in [0.5, 0.6) is 0 Å². The molecule has 0 aromatic heterocycles. The zero-order chi connectivity index (χ0) is 26.8. The van der Waals surface area contributed by atoms with Gasteiger partial charge in [-0.1, -0.05) is 74.3 Å². The van der Waals surface area contributed by atoms with E-state index in [4.69, 9.17) is 23.2 Å². The number of carbonyl (C=O) groups excluding carboxylic acids is 1. The Hall–Kier alpha value is -1.56. The first kappa shape index (κ1) is 29.0. The standard InChI is InChI=1S/C29H39Cl2NO3S/c1-7-15-29(6)17-25(22-9-8-10-24(31)16-22)27(21-11-13-23(30)14-12-21)32(28(29)33)26(19(2)3)18-36(34,35)20(4)5/h7-8,10-14,16,19-20,22,25-27H,1,9,15,17-18H2,2-6H3/t22?,25-,26-,27-,29+/m1/s1. The second-order valence-electron chi connectivity index (χ2n) is 11.2. The summed E-state index contributed by atoms with van der Waals surface area (Å²) in [5, 5.41) is 0.790. The summed E-state index contributed by atoms with van der Waals surface area (Å²) in [7, 11) is -3.41. The van der Waals surface area contributed by atoms with Crippen molar-refractivity contribution in [3.05, 3.63) is 70.8 Å². The summed E-state index contributed by atoms with van der Waals surface area (Å²) in [6.45, 7) is 13.3. The van der Waals surface area contributed by atoms with E-state index in [1.54, 1.807) is 19.9 Å². The van der Waals surface area contributed by atoms with Gasteiger partial charge in [0, 0.05) is 16.1 Å². The zero-order valence-electron chi connectivity index (χ0n) is 22.0. The Morgan fingerprint density at radius 1 is 1.17 bits per heavy atom. The molecule has 1 fully saturated rings. The maximum absolute atomic E-state index is 14.4. The minimum absolute atomic E-state index is 0.0160. The Kier molecular flexibility index (Phi) is 9.22. The molecule has 5 atom stereocenters. The van der Waals surface area contributed by atoms with E-state index in [0.717, 1.165) is 12.0 Å². The Morgan fingerprint density at radius 2 is 1.81 bits per heavy atom. The van der Waals surface area contributed by atoms with E-state index in [9.17, 15) is 13.2 Å². The van der Waals surface area contributed by atoms with Crippen molar-refractivity contribution < 1.29 is 13.2 Å². The van der Waals surface area contributed by atoms with Crippen LogP contribution >= 0.6 is 23.2 Å². The number of hydrogen-bond acceptors (Lipinski definition) is 3. The van der Waals surface area contributed by atoms with Gasteiger partial charge in [-0.05, 0) is 74.6 Å². The number of rotatable bonds is 9. The Morgan fingerprint density at radius 3 is 2.33 bits per heavy atom. The molecule has 0 radical (unpaired) electrons. The molecule has 1 aliphatic heterocycles. The molecule has 36 heavy (non-hydrogen) atoms. The van der Waals surface area contributed by atoms with Crippen molar-refractivity contribution in [3.63, 3.8) is 0 Å². The van der Waals surface area contributed by atoms with Crippen molar-refractivity contribution in [1.29, 1.82) is 0 Å². The normalized spacial score (nSPS) is 27.9. The number of piperidine rings is 1. The number of amides is 1. The second-order valence-corrected chi connectivity index (χ2v) is 14.6. The highest BCUT2D eigenvalue weighted by atomic mass is 35.5. The van der Waals surface area contributed by atoms with Crippen LogP contribution < -0.4 is 0 Å². The van der Waals surface area contributed by atoms with Crippen LogP contribution in [0.4, 0.5) is 0 Å². The van der Waals surface area contributed by atoms with Gasteiger partial charge in [-0.15, -0.1) is 6.58 Å². The summed E-state index contributed by atoms with van der Waals surface area (Å²) >= 11 is 12.7. The number of likely N-dealkylation sites (tertiary alicyclic amines) is 1. The summed E-state index contributed by atoms with van der Waals surface area (Å²) in [4.78, 5) is 16.3. The number of halogens is 2. The minimum atomic E-state index is -3.41. The molecule has 1 amide bonds. The highest BCUT2D eigenvalue weighted by molar-refractivity contribution is 7.92. The Balaban J connectivity index is 2.24. The molecule has 198 valence electrons. The summed E-state index contributed by atoms with van der Waals surface area (Å²) in [6.07, 6.45) is 9.88. The van der Waals surface area contributed by atoms with Crippen LogP contribution in [0, 0.1) is 23.2 Å². The molecule has 1 saturated heterocycles. The predicted octanol–water partition coefficient (Wildman–Crippen LogP) is 7.36. The average Bonchev–Trinajstić information content (AvgIpc) is 2.80. The molecule has 2 aliphatic rings. The van der Waals surface area contributed by atoms with E-state index < -0.39 is 26.5 Å². The lowest BCUT2D eigenvalue weighted by Crippen LogP contribution is -2.60. The topological polar surface area (TPSA) is 54.5 Å². The van der Waals surface area contributed by atoms with Gasteiger partial charge in [-0.3, -0.25) is 4.79 Å². The van der Waals surface area contributed by atoms with Crippen molar-refractivity contribution in [2.24, 2.45) is 23.2 Å². The van der Waals surface area contributed by atoms with Gasteiger partial charge in [0.15, 0.2) is 9.84 Å². The van der Waals surface area contributed by atoms with Gasteiger partial charge in [0.2, 0.25) is 5.91 Å². The van der Waals surface area contributed by atoms with Gasteiger partial charge in [0.1, 0.15) is 0 Å². The van der Waals surface area contributed by atoms with E-state index in [1.165, 1.54) is 0 Å². The van der Waals surface area contributed by atoms with Gasteiger partial charge in [0.25, 0.3) is 0 Å².